The summed E-state index contributed by atoms with van der Waals surface area (Å²) in [4.78, 5) is 38.0. The summed E-state index contributed by atoms with van der Waals surface area (Å²) in [5.74, 6) is 0.0660. The Morgan fingerprint density at radius 3 is 2.15 bits per heavy atom. The van der Waals surface area contributed by atoms with E-state index in [4.69, 9.17) is 0 Å². The van der Waals surface area contributed by atoms with Crippen LogP contribution in [0.2, 0.25) is 0 Å². The van der Waals surface area contributed by atoms with E-state index in [1.54, 1.807) is 12.1 Å². The van der Waals surface area contributed by atoms with Gasteiger partial charge in [-0.15, -0.1) is 0 Å². The van der Waals surface area contributed by atoms with Crippen LogP contribution in [0.1, 0.15) is 46.0 Å². The van der Waals surface area contributed by atoms with Gasteiger partial charge in [-0.25, -0.2) is 0 Å². The Morgan fingerprint density at radius 2 is 1.56 bits per heavy atom. The zero-order valence-corrected chi connectivity index (χ0v) is 15.5. The minimum atomic E-state index is -0.0805. The lowest BCUT2D eigenvalue weighted by Crippen LogP contribution is -2.40. The zero-order valence-electron chi connectivity index (χ0n) is 15.5. The third-order valence-corrected chi connectivity index (χ3v) is 4.95. The fourth-order valence-corrected chi connectivity index (χ4v) is 3.36. The summed E-state index contributed by atoms with van der Waals surface area (Å²) < 4.78 is 0. The molecule has 1 N–H and O–H groups in total. The molecule has 27 heavy (non-hydrogen) atoms. The van der Waals surface area contributed by atoms with Crippen LogP contribution in [0.15, 0.2) is 54.6 Å². The average molecular weight is 364 g/mol. The molecule has 0 aliphatic carbocycles. The predicted molar refractivity (Wildman–Crippen MR) is 103 cm³/mol. The molecule has 0 atom stereocenters. The molecule has 0 unspecified atom stereocenters. The molecule has 0 spiro atoms. The maximum Gasteiger partial charge on any atom is 0.253 e. The molecule has 0 aromatic heterocycles. The molecule has 140 valence electrons. The van der Waals surface area contributed by atoms with Crippen LogP contribution in [0.3, 0.4) is 0 Å². The Labute approximate surface area is 159 Å². The highest BCUT2D eigenvalue weighted by molar-refractivity contribution is 5.98. The van der Waals surface area contributed by atoms with E-state index in [1.807, 2.05) is 47.4 Å². The van der Waals surface area contributed by atoms with Crippen LogP contribution < -0.4 is 5.32 Å². The lowest BCUT2D eigenvalue weighted by molar-refractivity contribution is -0.119. The lowest BCUT2D eigenvalue weighted by Gasteiger charge is -2.31. The number of hydrogen-bond acceptors (Lipinski definition) is 3. The van der Waals surface area contributed by atoms with Gasteiger partial charge in [-0.3, -0.25) is 14.4 Å². The molecule has 3 rings (SSSR count). The maximum absolute atomic E-state index is 12.7. The molecule has 1 saturated heterocycles. The van der Waals surface area contributed by atoms with Crippen molar-refractivity contribution in [1.82, 2.24) is 10.2 Å². The van der Waals surface area contributed by atoms with Gasteiger partial charge in [0.2, 0.25) is 5.91 Å². The molecular formula is C22H24N2O3. The Kier molecular flexibility index (Phi) is 6.01. The number of nitrogens with zero attached hydrogens (tertiary/aromatic N) is 1. The fraction of sp³-hybridized carbons (Fsp3) is 0.318. The average Bonchev–Trinajstić information content (AvgIpc) is 2.72. The lowest BCUT2D eigenvalue weighted by atomic mass is 9.88. The number of nitrogens with one attached hydrogen (secondary N) is 1. The summed E-state index contributed by atoms with van der Waals surface area (Å²) in [6.45, 7) is 3.12. The number of amides is 2. The molecule has 5 heteroatoms. The van der Waals surface area contributed by atoms with E-state index in [0.29, 0.717) is 38.0 Å². The number of carbonyl (C=O) groups excluding carboxylic acids is 3. The predicted octanol–water partition coefficient (Wildman–Crippen LogP) is 3.06. The number of rotatable bonds is 5. The van der Waals surface area contributed by atoms with Crippen molar-refractivity contribution in [2.45, 2.75) is 26.3 Å². The van der Waals surface area contributed by atoms with E-state index >= 15 is 0 Å². The van der Waals surface area contributed by atoms with Crippen LogP contribution in [-0.2, 0) is 11.3 Å². The first-order valence-electron chi connectivity index (χ1n) is 9.26. The van der Waals surface area contributed by atoms with Crippen molar-refractivity contribution in [3.63, 3.8) is 0 Å². The van der Waals surface area contributed by atoms with E-state index in [9.17, 15) is 14.4 Å². The first-order chi connectivity index (χ1) is 13.0. The number of Topliss-reactive ketones (excluding diaryl/α,β-unsaturated/α-hetero) is 1. The van der Waals surface area contributed by atoms with Gasteiger partial charge in [0.25, 0.3) is 5.91 Å². The minimum absolute atomic E-state index is 0.00770. The Bertz CT molecular complexity index is 807. The van der Waals surface area contributed by atoms with Gasteiger partial charge < -0.3 is 10.2 Å². The van der Waals surface area contributed by atoms with Crippen molar-refractivity contribution in [3.8, 4) is 0 Å². The van der Waals surface area contributed by atoms with Crippen LogP contribution in [-0.4, -0.2) is 35.6 Å². The molecule has 0 radical (unpaired) electrons. The summed E-state index contributed by atoms with van der Waals surface area (Å²) in [5.41, 5.74) is 2.33. The smallest absolute Gasteiger partial charge is 0.253 e. The van der Waals surface area contributed by atoms with E-state index in [0.717, 1.165) is 11.1 Å². The molecule has 2 aromatic carbocycles. The van der Waals surface area contributed by atoms with Crippen LogP contribution in [0.25, 0.3) is 0 Å². The molecular weight excluding hydrogens is 340 g/mol. The van der Waals surface area contributed by atoms with Crippen molar-refractivity contribution in [1.29, 1.82) is 0 Å². The van der Waals surface area contributed by atoms with E-state index in [2.05, 4.69) is 5.32 Å². The molecule has 0 saturated carbocycles. The molecule has 2 aromatic rings. The number of hydrogen-bond donors (Lipinski definition) is 1. The topological polar surface area (TPSA) is 66.5 Å². The van der Waals surface area contributed by atoms with Gasteiger partial charge in [-0.1, -0.05) is 42.5 Å². The van der Waals surface area contributed by atoms with Gasteiger partial charge in [-0.2, -0.15) is 0 Å². The number of piperidine rings is 1. The number of carbonyl (C=O) groups is 3. The first kappa shape index (κ1) is 18.8. The molecule has 1 aliphatic rings. The van der Waals surface area contributed by atoms with E-state index in [1.165, 1.54) is 6.92 Å². The van der Waals surface area contributed by atoms with Crippen LogP contribution in [0.5, 0.6) is 0 Å². The second-order valence-corrected chi connectivity index (χ2v) is 6.90. The second-order valence-electron chi connectivity index (χ2n) is 6.90. The summed E-state index contributed by atoms with van der Waals surface area (Å²) in [6, 6.07) is 16.7. The SMILES string of the molecule is CC(=O)NCc1ccc(C(=O)N2CCC(C(=O)c3ccccc3)CC2)cc1. The third-order valence-electron chi connectivity index (χ3n) is 4.95. The van der Waals surface area contributed by atoms with Crippen molar-refractivity contribution in [2.24, 2.45) is 5.92 Å². The van der Waals surface area contributed by atoms with Gasteiger partial charge in [0, 0.05) is 43.6 Å². The largest absolute Gasteiger partial charge is 0.352 e. The standard InChI is InChI=1S/C22H24N2O3/c1-16(25)23-15-17-7-9-20(10-8-17)22(27)24-13-11-19(12-14-24)21(26)18-5-3-2-4-6-18/h2-10,19H,11-15H2,1H3,(H,23,25). The van der Waals surface area contributed by atoms with Crippen molar-refractivity contribution in [3.05, 3.63) is 71.3 Å². The van der Waals surface area contributed by atoms with Gasteiger partial charge in [-0.05, 0) is 30.5 Å². The van der Waals surface area contributed by atoms with E-state index < -0.39 is 0 Å². The second kappa shape index (κ2) is 8.62. The Morgan fingerprint density at radius 1 is 0.926 bits per heavy atom. The third kappa shape index (κ3) is 4.82. The molecule has 0 bridgehead atoms. The highest BCUT2D eigenvalue weighted by Gasteiger charge is 2.28. The van der Waals surface area contributed by atoms with Gasteiger partial charge in [0.05, 0.1) is 0 Å². The van der Waals surface area contributed by atoms with Gasteiger partial charge in [0.1, 0.15) is 0 Å². The highest BCUT2D eigenvalue weighted by atomic mass is 16.2. The number of ketones is 1. The molecule has 1 fully saturated rings. The van der Waals surface area contributed by atoms with Crippen molar-refractivity contribution < 1.29 is 14.4 Å². The first-order valence-corrected chi connectivity index (χ1v) is 9.26. The minimum Gasteiger partial charge on any atom is -0.352 e. The summed E-state index contributed by atoms with van der Waals surface area (Å²) in [6.07, 6.45) is 1.39. The van der Waals surface area contributed by atoms with E-state index in [-0.39, 0.29) is 23.5 Å². The quantitative estimate of drug-likeness (QED) is 0.829. The normalized spacial score (nSPS) is 14.6. The molecule has 1 aliphatic heterocycles. The van der Waals surface area contributed by atoms with Gasteiger partial charge >= 0.3 is 0 Å². The van der Waals surface area contributed by atoms with Crippen LogP contribution in [0, 0.1) is 5.92 Å². The molecule has 5 nitrogen and oxygen atoms in total. The van der Waals surface area contributed by atoms with Crippen molar-refractivity contribution >= 4 is 17.6 Å². The van der Waals surface area contributed by atoms with Crippen LogP contribution >= 0.6 is 0 Å². The monoisotopic (exact) mass is 364 g/mol. The van der Waals surface area contributed by atoms with Gasteiger partial charge in [0.15, 0.2) is 5.78 Å². The number of benzene rings is 2. The van der Waals surface area contributed by atoms with Crippen molar-refractivity contribution in [2.75, 3.05) is 13.1 Å². The Hall–Kier alpha value is -2.95. The molecule has 2 amide bonds. The fourth-order valence-electron chi connectivity index (χ4n) is 3.36. The summed E-state index contributed by atoms with van der Waals surface area (Å²) >= 11 is 0. The zero-order chi connectivity index (χ0) is 19.2. The van der Waals surface area contributed by atoms with Crippen LogP contribution in [0.4, 0.5) is 0 Å². The maximum atomic E-state index is 12.7. The molecule has 1 heterocycles. The number of likely N-dealkylation sites (tertiary alicyclic amines) is 1. The summed E-state index contributed by atoms with van der Waals surface area (Å²) in [5, 5.41) is 2.74. The summed E-state index contributed by atoms with van der Waals surface area (Å²) in [7, 11) is 0. The Balaban J connectivity index is 1.55. The highest BCUT2D eigenvalue weighted by Crippen LogP contribution is 2.23.